The molecule has 8 heteroatoms. The van der Waals surface area contributed by atoms with E-state index in [0.29, 0.717) is 22.6 Å². The first kappa shape index (κ1) is 20.0. The number of nitrogens with zero attached hydrogens (tertiary/aromatic N) is 2. The summed E-state index contributed by atoms with van der Waals surface area (Å²) in [5.41, 5.74) is 4.40. The Labute approximate surface area is 178 Å². The molecule has 4 rings (SSSR count). The van der Waals surface area contributed by atoms with E-state index in [0.717, 1.165) is 5.69 Å². The molecule has 8 nitrogen and oxygen atoms in total. The lowest BCUT2D eigenvalue weighted by atomic mass is 10.1. The summed E-state index contributed by atoms with van der Waals surface area (Å²) in [6.45, 7) is 0.147. The number of carbonyl (C=O) groups is 2. The van der Waals surface area contributed by atoms with Crippen molar-refractivity contribution in [3.8, 4) is 11.5 Å². The zero-order valence-corrected chi connectivity index (χ0v) is 16.7. The van der Waals surface area contributed by atoms with Crippen LogP contribution >= 0.6 is 0 Å². The third-order valence-electron chi connectivity index (χ3n) is 4.58. The molecule has 0 unspecified atom stereocenters. The number of amides is 2. The lowest BCUT2D eigenvalue weighted by Crippen LogP contribution is -2.32. The third kappa shape index (κ3) is 4.81. The van der Waals surface area contributed by atoms with Gasteiger partial charge in [-0.25, -0.2) is 5.43 Å². The number of rotatable bonds is 6. The molecule has 31 heavy (non-hydrogen) atoms. The van der Waals surface area contributed by atoms with Crippen LogP contribution in [0.3, 0.4) is 0 Å². The minimum Gasteiger partial charge on any atom is -0.454 e. The molecule has 0 fully saturated rings. The summed E-state index contributed by atoms with van der Waals surface area (Å²) in [4.78, 5) is 25.4. The Kier molecular flexibility index (Phi) is 5.79. The van der Waals surface area contributed by atoms with Crippen molar-refractivity contribution < 1.29 is 19.1 Å². The third-order valence-corrected chi connectivity index (χ3v) is 4.58. The highest BCUT2D eigenvalue weighted by Gasteiger charge is 2.16. The number of nitrogens with one attached hydrogen (secondary N) is 2. The normalized spacial score (nSPS) is 12.7. The molecular formula is C23H20N4O4. The van der Waals surface area contributed by atoms with Crippen molar-refractivity contribution in [2.24, 2.45) is 12.1 Å². The van der Waals surface area contributed by atoms with E-state index in [1.807, 2.05) is 36.0 Å². The van der Waals surface area contributed by atoms with E-state index in [2.05, 4.69) is 15.8 Å². The van der Waals surface area contributed by atoms with E-state index < -0.39 is 11.8 Å². The van der Waals surface area contributed by atoms with Crippen LogP contribution in [0.15, 0.2) is 77.7 Å². The fourth-order valence-electron chi connectivity index (χ4n) is 2.94. The van der Waals surface area contributed by atoms with Gasteiger partial charge in [-0.2, -0.15) is 5.10 Å². The Hall–Kier alpha value is -4.33. The second-order valence-corrected chi connectivity index (χ2v) is 6.73. The molecule has 1 aliphatic heterocycles. The van der Waals surface area contributed by atoms with Crippen molar-refractivity contribution >= 4 is 24.1 Å². The first-order valence-corrected chi connectivity index (χ1v) is 9.52. The first-order chi connectivity index (χ1) is 15.1. The van der Waals surface area contributed by atoms with Crippen molar-refractivity contribution in [3.05, 3.63) is 89.4 Å². The van der Waals surface area contributed by atoms with E-state index in [4.69, 9.17) is 9.47 Å². The Bertz CT molecular complexity index is 1170. The molecule has 3 aromatic rings. The quantitative estimate of drug-likeness (QED) is 0.367. The van der Waals surface area contributed by atoms with Gasteiger partial charge in [0.15, 0.2) is 11.5 Å². The van der Waals surface area contributed by atoms with E-state index in [9.17, 15) is 9.59 Å². The highest BCUT2D eigenvalue weighted by molar-refractivity contribution is 6.05. The number of carbonyl (C=O) groups excluding carboxylic acids is 2. The van der Waals surface area contributed by atoms with Crippen molar-refractivity contribution in [1.82, 2.24) is 15.3 Å². The van der Waals surface area contributed by atoms with Crippen LogP contribution in [-0.2, 0) is 11.8 Å². The zero-order valence-electron chi connectivity index (χ0n) is 16.7. The van der Waals surface area contributed by atoms with Gasteiger partial charge in [-0.3, -0.25) is 9.59 Å². The molecule has 0 bridgehead atoms. The zero-order chi connectivity index (χ0) is 21.6. The van der Waals surface area contributed by atoms with Crippen molar-refractivity contribution in [2.45, 2.75) is 0 Å². The number of hydrazone groups is 1. The SMILES string of the molecule is Cn1cccc1/C=N/NC(=O)/C(=C\c1ccc2c(c1)OCO2)NC(=O)c1ccccc1. The molecule has 0 saturated carbocycles. The predicted molar refractivity (Wildman–Crippen MR) is 116 cm³/mol. The fraction of sp³-hybridized carbons (Fsp3) is 0.0870. The summed E-state index contributed by atoms with van der Waals surface area (Å²) in [7, 11) is 1.87. The van der Waals surface area contributed by atoms with Crippen molar-refractivity contribution in [1.29, 1.82) is 0 Å². The maximum absolute atomic E-state index is 12.8. The molecule has 156 valence electrons. The second kappa shape index (κ2) is 9.00. The van der Waals surface area contributed by atoms with Gasteiger partial charge in [-0.05, 0) is 48.0 Å². The van der Waals surface area contributed by atoms with Gasteiger partial charge in [0.1, 0.15) is 5.70 Å². The maximum atomic E-state index is 12.8. The van der Waals surface area contributed by atoms with E-state index in [1.54, 1.807) is 48.5 Å². The van der Waals surface area contributed by atoms with Crippen molar-refractivity contribution in [3.63, 3.8) is 0 Å². The predicted octanol–water partition coefficient (Wildman–Crippen LogP) is 2.68. The number of hydrogen-bond donors (Lipinski definition) is 2. The molecule has 0 aliphatic carbocycles. The van der Waals surface area contributed by atoms with Crippen LogP contribution in [0.5, 0.6) is 11.5 Å². The summed E-state index contributed by atoms with van der Waals surface area (Å²) in [6, 6.07) is 17.6. The van der Waals surface area contributed by atoms with Crippen LogP contribution in [0.2, 0.25) is 0 Å². The van der Waals surface area contributed by atoms with Crippen LogP contribution in [0.1, 0.15) is 21.6 Å². The summed E-state index contributed by atoms with van der Waals surface area (Å²) in [5.74, 6) is 0.231. The number of fused-ring (bicyclic) bond motifs is 1. The Morgan fingerprint density at radius 1 is 1.03 bits per heavy atom. The first-order valence-electron chi connectivity index (χ1n) is 9.52. The van der Waals surface area contributed by atoms with E-state index in [-0.39, 0.29) is 12.5 Å². The molecule has 2 N–H and O–H groups in total. The van der Waals surface area contributed by atoms with Gasteiger partial charge in [0.25, 0.3) is 11.8 Å². The molecule has 2 aromatic carbocycles. The van der Waals surface area contributed by atoms with Gasteiger partial charge < -0.3 is 19.4 Å². The molecule has 1 aromatic heterocycles. The molecule has 2 amide bonds. The number of aromatic nitrogens is 1. The average Bonchev–Trinajstić information content (AvgIpc) is 3.42. The van der Waals surface area contributed by atoms with E-state index >= 15 is 0 Å². The van der Waals surface area contributed by atoms with Crippen LogP contribution in [0, 0.1) is 0 Å². The minimum absolute atomic E-state index is 0.0387. The summed E-state index contributed by atoms with van der Waals surface area (Å²) < 4.78 is 12.6. The lowest BCUT2D eigenvalue weighted by Gasteiger charge is -2.09. The van der Waals surface area contributed by atoms with Crippen LogP contribution in [-0.4, -0.2) is 29.4 Å². The van der Waals surface area contributed by atoms with Gasteiger partial charge in [0.05, 0.1) is 11.9 Å². The number of aryl methyl sites for hydroxylation is 1. The van der Waals surface area contributed by atoms with Gasteiger partial charge in [-0.1, -0.05) is 24.3 Å². The molecule has 1 aliphatic rings. The van der Waals surface area contributed by atoms with Crippen molar-refractivity contribution in [2.75, 3.05) is 6.79 Å². The Morgan fingerprint density at radius 2 is 1.84 bits per heavy atom. The molecule has 0 saturated heterocycles. The highest BCUT2D eigenvalue weighted by Crippen LogP contribution is 2.33. The number of ether oxygens (including phenoxy) is 2. The topological polar surface area (TPSA) is 94.0 Å². The van der Waals surface area contributed by atoms with Crippen LogP contribution < -0.4 is 20.2 Å². The fourth-order valence-corrected chi connectivity index (χ4v) is 2.94. The maximum Gasteiger partial charge on any atom is 0.287 e. The molecular weight excluding hydrogens is 396 g/mol. The summed E-state index contributed by atoms with van der Waals surface area (Å²) in [5, 5.41) is 6.66. The second-order valence-electron chi connectivity index (χ2n) is 6.73. The lowest BCUT2D eigenvalue weighted by molar-refractivity contribution is -0.117. The van der Waals surface area contributed by atoms with Gasteiger partial charge >= 0.3 is 0 Å². The van der Waals surface area contributed by atoms with E-state index in [1.165, 1.54) is 6.21 Å². The number of hydrogen-bond acceptors (Lipinski definition) is 5. The molecule has 0 spiro atoms. The smallest absolute Gasteiger partial charge is 0.287 e. The highest BCUT2D eigenvalue weighted by atomic mass is 16.7. The summed E-state index contributed by atoms with van der Waals surface area (Å²) in [6.07, 6.45) is 4.94. The Balaban J connectivity index is 1.57. The Morgan fingerprint density at radius 3 is 2.61 bits per heavy atom. The minimum atomic E-state index is -0.563. The molecule has 2 heterocycles. The summed E-state index contributed by atoms with van der Waals surface area (Å²) >= 11 is 0. The molecule has 0 radical (unpaired) electrons. The number of benzene rings is 2. The standard InChI is InChI=1S/C23H20N4O4/c1-27-11-5-8-18(27)14-24-26-23(29)19(25-22(28)17-6-3-2-4-7-17)12-16-9-10-20-21(13-16)31-15-30-20/h2-14H,15H2,1H3,(H,25,28)(H,26,29)/b19-12+,24-14+. The molecule has 0 atom stereocenters. The van der Waals surface area contributed by atoms with Gasteiger partial charge in [0, 0.05) is 18.8 Å². The van der Waals surface area contributed by atoms with Gasteiger partial charge in [0.2, 0.25) is 6.79 Å². The van der Waals surface area contributed by atoms with Crippen LogP contribution in [0.4, 0.5) is 0 Å². The van der Waals surface area contributed by atoms with Gasteiger partial charge in [-0.15, -0.1) is 0 Å². The average molecular weight is 416 g/mol. The van der Waals surface area contributed by atoms with Crippen LogP contribution in [0.25, 0.3) is 6.08 Å². The monoisotopic (exact) mass is 416 g/mol. The largest absolute Gasteiger partial charge is 0.454 e.